The number of aliphatic imine (C=N–C) groups is 1. The normalized spacial score (nSPS) is 10.8. The van der Waals surface area contributed by atoms with Crippen LogP contribution in [0.1, 0.15) is 26.3 Å². The summed E-state index contributed by atoms with van der Waals surface area (Å²) in [7, 11) is 4.79. The average Bonchev–Trinajstić information content (AvgIpc) is 2.72. The maximum atomic E-state index is 5.68. The molecular weight excluding hydrogens is 497 g/mol. The molecule has 0 atom stereocenters. The van der Waals surface area contributed by atoms with Crippen molar-refractivity contribution in [3.63, 3.8) is 0 Å². The Morgan fingerprint density at radius 1 is 0.967 bits per heavy atom. The zero-order chi connectivity index (χ0) is 21.2. The van der Waals surface area contributed by atoms with Gasteiger partial charge in [0.25, 0.3) is 0 Å². The van der Waals surface area contributed by atoms with Gasteiger partial charge in [-0.05, 0) is 62.7 Å². The second-order valence-electron chi connectivity index (χ2n) is 6.54. The Morgan fingerprint density at radius 3 is 2.03 bits per heavy atom. The van der Waals surface area contributed by atoms with Crippen molar-refractivity contribution in [3.8, 4) is 23.0 Å². The number of hydrogen-bond donors (Lipinski definition) is 2. The van der Waals surface area contributed by atoms with Crippen LogP contribution in [0.2, 0.25) is 0 Å². The van der Waals surface area contributed by atoms with Crippen LogP contribution in [0.15, 0.2) is 41.4 Å². The standard InChI is InChI=1S/C22H31N3O4.HI/c1-7-23-22(25-17-8-10-18(11-9-17)29-15(2)3)24-14-16-12-19(26-4)21(28-6)20(13-16)27-5;/h8-13,15H,7,14H2,1-6H3,(H2,23,24,25);1H. The smallest absolute Gasteiger partial charge is 0.203 e. The highest BCUT2D eigenvalue weighted by Gasteiger charge is 2.13. The van der Waals surface area contributed by atoms with Crippen LogP contribution in [-0.2, 0) is 6.54 Å². The number of anilines is 1. The summed E-state index contributed by atoms with van der Waals surface area (Å²) < 4.78 is 21.9. The molecule has 2 aromatic rings. The lowest BCUT2D eigenvalue weighted by atomic mass is 10.2. The van der Waals surface area contributed by atoms with Crippen LogP contribution < -0.4 is 29.6 Å². The number of benzene rings is 2. The third-order valence-corrected chi connectivity index (χ3v) is 3.98. The van der Waals surface area contributed by atoms with Gasteiger partial charge in [-0.1, -0.05) is 0 Å². The van der Waals surface area contributed by atoms with Crippen LogP contribution in [0.25, 0.3) is 0 Å². The molecule has 0 aliphatic rings. The Hall–Kier alpha value is -2.36. The van der Waals surface area contributed by atoms with Gasteiger partial charge in [-0.3, -0.25) is 0 Å². The molecule has 30 heavy (non-hydrogen) atoms. The fraction of sp³-hybridized carbons (Fsp3) is 0.409. The molecule has 0 unspecified atom stereocenters. The first kappa shape index (κ1) is 25.7. The number of halogens is 1. The van der Waals surface area contributed by atoms with Crippen LogP contribution in [0, 0.1) is 0 Å². The first-order chi connectivity index (χ1) is 14.0. The fourth-order valence-corrected chi connectivity index (χ4v) is 2.73. The molecule has 0 saturated carbocycles. The van der Waals surface area contributed by atoms with Crippen LogP contribution in [0.3, 0.4) is 0 Å². The summed E-state index contributed by atoms with van der Waals surface area (Å²) in [5.74, 6) is 3.30. The molecule has 0 aromatic heterocycles. The van der Waals surface area contributed by atoms with E-state index < -0.39 is 0 Å². The summed E-state index contributed by atoms with van der Waals surface area (Å²) in [5, 5.41) is 6.55. The van der Waals surface area contributed by atoms with Crippen LogP contribution in [0.5, 0.6) is 23.0 Å². The SMILES string of the molecule is CCNC(=NCc1cc(OC)c(OC)c(OC)c1)Nc1ccc(OC(C)C)cc1.I. The maximum absolute atomic E-state index is 5.68. The molecule has 2 aromatic carbocycles. The van der Waals surface area contributed by atoms with Crippen molar-refractivity contribution in [2.24, 2.45) is 4.99 Å². The second-order valence-corrected chi connectivity index (χ2v) is 6.54. The number of nitrogens with one attached hydrogen (secondary N) is 2. The molecule has 0 amide bonds. The van der Waals surface area contributed by atoms with Crippen molar-refractivity contribution in [3.05, 3.63) is 42.0 Å². The summed E-state index contributed by atoms with van der Waals surface area (Å²) in [5.41, 5.74) is 1.86. The minimum absolute atomic E-state index is 0. The van der Waals surface area contributed by atoms with Gasteiger partial charge in [-0.15, -0.1) is 24.0 Å². The quantitative estimate of drug-likeness (QED) is 0.279. The van der Waals surface area contributed by atoms with Crippen LogP contribution in [0.4, 0.5) is 5.69 Å². The lowest BCUT2D eigenvalue weighted by Gasteiger charge is -2.15. The highest BCUT2D eigenvalue weighted by atomic mass is 127. The molecule has 0 heterocycles. The number of nitrogens with zero attached hydrogens (tertiary/aromatic N) is 1. The molecule has 2 rings (SSSR count). The number of hydrogen-bond acceptors (Lipinski definition) is 5. The van der Waals surface area contributed by atoms with E-state index in [1.807, 2.05) is 57.2 Å². The Labute approximate surface area is 196 Å². The zero-order valence-electron chi connectivity index (χ0n) is 18.4. The lowest BCUT2D eigenvalue weighted by Crippen LogP contribution is -2.30. The van der Waals surface area contributed by atoms with E-state index in [9.17, 15) is 0 Å². The third-order valence-electron chi connectivity index (χ3n) is 3.98. The number of rotatable bonds is 9. The molecule has 0 aliphatic heterocycles. The summed E-state index contributed by atoms with van der Waals surface area (Å²) in [6, 6.07) is 11.6. The van der Waals surface area contributed by atoms with Crippen molar-refractivity contribution in [2.75, 3.05) is 33.2 Å². The molecule has 2 N–H and O–H groups in total. The van der Waals surface area contributed by atoms with E-state index in [4.69, 9.17) is 18.9 Å². The molecule has 0 bridgehead atoms. The van der Waals surface area contributed by atoms with E-state index in [2.05, 4.69) is 15.6 Å². The van der Waals surface area contributed by atoms with E-state index in [1.54, 1.807) is 21.3 Å². The molecule has 0 radical (unpaired) electrons. The van der Waals surface area contributed by atoms with E-state index in [-0.39, 0.29) is 30.1 Å². The van der Waals surface area contributed by atoms with Gasteiger partial charge in [-0.25, -0.2) is 4.99 Å². The summed E-state index contributed by atoms with van der Waals surface area (Å²) in [6.07, 6.45) is 0.145. The topological polar surface area (TPSA) is 73.3 Å². The summed E-state index contributed by atoms with van der Waals surface area (Å²) >= 11 is 0. The first-order valence-corrected chi connectivity index (χ1v) is 9.61. The largest absolute Gasteiger partial charge is 0.493 e. The van der Waals surface area contributed by atoms with Crippen molar-refractivity contribution in [1.82, 2.24) is 5.32 Å². The van der Waals surface area contributed by atoms with Crippen molar-refractivity contribution in [1.29, 1.82) is 0 Å². The Balaban J connectivity index is 0.00000450. The predicted molar refractivity (Wildman–Crippen MR) is 132 cm³/mol. The molecule has 0 aliphatic carbocycles. The maximum Gasteiger partial charge on any atom is 0.203 e. The molecule has 8 heteroatoms. The number of guanidine groups is 1. The van der Waals surface area contributed by atoms with Crippen LogP contribution >= 0.6 is 24.0 Å². The highest BCUT2D eigenvalue weighted by molar-refractivity contribution is 14.0. The lowest BCUT2D eigenvalue weighted by molar-refractivity contribution is 0.242. The first-order valence-electron chi connectivity index (χ1n) is 9.61. The predicted octanol–water partition coefficient (Wildman–Crippen LogP) is 4.70. The Kier molecular flexibility index (Phi) is 11.2. The van der Waals surface area contributed by atoms with Gasteiger partial charge in [0.1, 0.15) is 5.75 Å². The monoisotopic (exact) mass is 529 g/mol. The van der Waals surface area contributed by atoms with Gasteiger partial charge in [0.15, 0.2) is 17.5 Å². The van der Waals surface area contributed by atoms with E-state index in [1.165, 1.54) is 0 Å². The highest BCUT2D eigenvalue weighted by Crippen LogP contribution is 2.38. The summed E-state index contributed by atoms with van der Waals surface area (Å²) in [6.45, 7) is 7.23. The van der Waals surface area contributed by atoms with Gasteiger partial charge in [0.2, 0.25) is 5.75 Å². The average molecular weight is 529 g/mol. The Morgan fingerprint density at radius 2 is 1.57 bits per heavy atom. The van der Waals surface area contributed by atoms with E-state index in [0.717, 1.165) is 23.5 Å². The van der Waals surface area contributed by atoms with Gasteiger partial charge in [-0.2, -0.15) is 0 Å². The van der Waals surface area contributed by atoms with Gasteiger partial charge in [0.05, 0.1) is 34.0 Å². The van der Waals surface area contributed by atoms with Crippen molar-refractivity contribution >= 4 is 35.6 Å². The van der Waals surface area contributed by atoms with Crippen molar-refractivity contribution in [2.45, 2.75) is 33.4 Å². The molecule has 0 saturated heterocycles. The molecule has 166 valence electrons. The second kappa shape index (κ2) is 13.0. The summed E-state index contributed by atoms with van der Waals surface area (Å²) in [4.78, 5) is 4.67. The van der Waals surface area contributed by atoms with E-state index >= 15 is 0 Å². The molecular formula is C22H32IN3O4. The van der Waals surface area contributed by atoms with Gasteiger partial charge < -0.3 is 29.6 Å². The molecule has 0 spiro atoms. The zero-order valence-corrected chi connectivity index (χ0v) is 20.8. The van der Waals surface area contributed by atoms with Crippen molar-refractivity contribution < 1.29 is 18.9 Å². The fourth-order valence-electron chi connectivity index (χ4n) is 2.73. The number of ether oxygens (including phenoxy) is 4. The van der Waals surface area contributed by atoms with Crippen LogP contribution in [-0.4, -0.2) is 39.9 Å². The van der Waals surface area contributed by atoms with Gasteiger partial charge >= 0.3 is 0 Å². The molecule has 7 nitrogen and oxygen atoms in total. The van der Waals surface area contributed by atoms with E-state index in [0.29, 0.717) is 29.8 Å². The Bertz CT molecular complexity index is 786. The molecule has 0 fully saturated rings. The van der Waals surface area contributed by atoms with Gasteiger partial charge in [0, 0.05) is 12.2 Å². The third kappa shape index (κ3) is 7.47. The minimum atomic E-state index is 0. The number of methoxy groups -OCH3 is 3. The minimum Gasteiger partial charge on any atom is -0.493 e.